The van der Waals surface area contributed by atoms with E-state index in [1.54, 1.807) is 41.3 Å². The van der Waals surface area contributed by atoms with E-state index in [2.05, 4.69) is 6.58 Å². The number of benzene rings is 2. The lowest BCUT2D eigenvalue weighted by Crippen LogP contribution is -2.52. The third-order valence-corrected chi connectivity index (χ3v) is 7.12. The highest BCUT2D eigenvalue weighted by molar-refractivity contribution is 7.88. The van der Waals surface area contributed by atoms with Crippen molar-refractivity contribution in [1.29, 1.82) is 0 Å². The molecular formula is C23H28FN3O3S. The summed E-state index contributed by atoms with van der Waals surface area (Å²) in [4.78, 5) is 16.3. The Labute approximate surface area is 183 Å². The Kier molecular flexibility index (Phi) is 7.95. The second-order valence-electron chi connectivity index (χ2n) is 7.57. The van der Waals surface area contributed by atoms with Crippen LogP contribution >= 0.6 is 0 Å². The van der Waals surface area contributed by atoms with E-state index in [1.165, 1.54) is 10.4 Å². The molecule has 6 nitrogen and oxygen atoms in total. The molecule has 0 spiro atoms. The topological polar surface area (TPSA) is 60.9 Å². The highest BCUT2D eigenvalue weighted by atomic mass is 32.2. The number of hydrogen-bond acceptors (Lipinski definition) is 4. The summed E-state index contributed by atoms with van der Waals surface area (Å²) >= 11 is 0. The summed E-state index contributed by atoms with van der Waals surface area (Å²) in [6, 6.07) is 15.6. The fraction of sp³-hybridized carbons (Fsp3) is 0.348. The van der Waals surface area contributed by atoms with Crippen molar-refractivity contribution >= 4 is 15.9 Å². The third-order valence-electron chi connectivity index (χ3n) is 5.27. The molecule has 0 radical (unpaired) electrons. The second kappa shape index (κ2) is 10.7. The lowest BCUT2D eigenvalue weighted by atomic mass is 10.2. The molecule has 1 saturated heterocycles. The highest BCUT2D eigenvalue weighted by Crippen LogP contribution is 2.15. The van der Waals surface area contributed by atoms with Crippen molar-refractivity contribution in [3.8, 4) is 0 Å². The molecule has 1 fully saturated rings. The highest BCUT2D eigenvalue weighted by Gasteiger charge is 2.29. The van der Waals surface area contributed by atoms with Gasteiger partial charge in [0.15, 0.2) is 0 Å². The Morgan fingerprint density at radius 2 is 1.68 bits per heavy atom. The molecule has 31 heavy (non-hydrogen) atoms. The lowest BCUT2D eigenvalue weighted by Gasteiger charge is -2.35. The number of carbonyl (C=O) groups is 1. The van der Waals surface area contributed by atoms with Crippen LogP contribution in [0.3, 0.4) is 0 Å². The molecule has 0 bridgehead atoms. The first-order valence-electron chi connectivity index (χ1n) is 10.3. The van der Waals surface area contributed by atoms with Gasteiger partial charge < -0.3 is 4.90 Å². The molecule has 8 heteroatoms. The number of nitrogens with zero attached hydrogens (tertiary/aromatic N) is 3. The first-order valence-corrected chi connectivity index (χ1v) is 11.9. The molecule has 1 amide bonds. The van der Waals surface area contributed by atoms with Gasteiger partial charge in [-0.3, -0.25) is 9.69 Å². The van der Waals surface area contributed by atoms with Crippen LogP contribution < -0.4 is 0 Å². The number of carbonyl (C=O) groups excluding carboxylic acids is 1. The average molecular weight is 446 g/mol. The minimum Gasteiger partial charge on any atom is -0.339 e. The second-order valence-corrected chi connectivity index (χ2v) is 9.54. The first kappa shape index (κ1) is 23.1. The third kappa shape index (κ3) is 6.46. The van der Waals surface area contributed by atoms with Crippen molar-refractivity contribution in [3.05, 3.63) is 84.2 Å². The summed E-state index contributed by atoms with van der Waals surface area (Å²) in [6.07, 6.45) is 1.68. The summed E-state index contributed by atoms with van der Waals surface area (Å²) in [5.41, 5.74) is 1.27. The Hall–Kier alpha value is -2.55. The quantitative estimate of drug-likeness (QED) is 0.557. The van der Waals surface area contributed by atoms with Crippen LogP contribution in [0.5, 0.6) is 0 Å². The molecule has 0 N–H and O–H groups in total. The molecule has 0 saturated carbocycles. The molecule has 2 aromatic rings. The van der Waals surface area contributed by atoms with Crippen molar-refractivity contribution in [3.63, 3.8) is 0 Å². The van der Waals surface area contributed by atoms with Crippen molar-refractivity contribution in [2.75, 3.05) is 39.3 Å². The minimum atomic E-state index is -3.43. The van der Waals surface area contributed by atoms with Crippen molar-refractivity contribution in [1.82, 2.24) is 14.1 Å². The number of piperazine rings is 1. The lowest BCUT2D eigenvalue weighted by molar-refractivity contribution is -0.133. The first-order chi connectivity index (χ1) is 14.9. The van der Waals surface area contributed by atoms with E-state index in [9.17, 15) is 17.6 Å². The maximum atomic E-state index is 14.0. The van der Waals surface area contributed by atoms with Crippen molar-refractivity contribution in [2.45, 2.75) is 12.3 Å². The summed E-state index contributed by atoms with van der Waals surface area (Å²) in [5, 5.41) is 0. The van der Waals surface area contributed by atoms with Crippen LogP contribution in [0.25, 0.3) is 0 Å². The van der Waals surface area contributed by atoms with Crippen molar-refractivity contribution in [2.24, 2.45) is 0 Å². The van der Waals surface area contributed by atoms with Crippen LogP contribution in [0.4, 0.5) is 4.39 Å². The van der Waals surface area contributed by atoms with Gasteiger partial charge in [0.1, 0.15) is 5.82 Å². The van der Waals surface area contributed by atoms with Gasteiger partial charge in [0.2, 0.25) is 15.9 Å². The van der Waals surface area contributed by atoms with Gasteiger partial charge in [0.05, 0.1) is 12.3 Å². The molecule has 1 aliphatic heterocycles. The van der Waals surface area contributed by atoms with Gasteiger partial charge in [-0.2, -0.15) is 4.31 Å². The summed E-state index contributed by atoms with van der Waals surface area (Å²) in [7, 11) is -3.43. The number of halogens is 1. The largest absolute Gasteiger partial charge is 0.339 e. The molecular weight excluding hydrogens is 417 g/mol. The van der Waals surface area contributed by atoms with Gasteiger partial charge in [0.25, 0.3) is 0 Å². The summed E-state index contributed by atoms with van der Waals surface area (Å²) in [5.74, 6) is -0.447. The summed E-state index contributed by atoms with van der Waals surface area (Å²) < 4.78 is 40.8. The van der Waals surface area contributed by atoms with Gasteiger partial charge in [0, 0.05) is 44.8 Å². The zero-order chi connectivity index (χ0) is 22.3. The monoisotopic (exact) mass is 445 g/mol. The molecule has 1 aliphatic rings. The van der Waals surface area contributed by atoms with E-state index in [-0.39, 0.29) is 37.1 Å². The molecule has 0 atom stereocenters. The van der Waals surface area contributed by atoms with E-state index >= 15 is 0 Å². The number of rotatable bonds is 9. The SMILES string of the molecule is C=CCN(CC(=O)N1CCN(S(=O)(=O)Cc2ccccc2)CC1)Cc1ccccc1F. The Balaban J connectivity index is 1.55. The maximum absolute atomic E-state index is 14.0. The van der Waals surface area contributed by atoms with E-state index < -0.39 is 10.0 Å². The van der Waals surface area contributed by atoms with Crippen molar-refractivity contribution < 1.29 is 17.6 Å². The van der Waals surface area contributed by atoms with E-state index in [0.717, 1.165) is 5.56 Å². The van der Waals surface area contributed by atoms with E-state index in [4.69, 9.17) is 0 Å². The van der Waals surface area contributed by atoms with Gasteiger partial charge >= 0.3 is 0 Å². The molecule has 2 aromatic carbocycles. The molecule has 1 heterocycles. The van der Waals surface area contributed by atoms with E-state index in [1.807, 2.05) is 23.1 Å². The number of hydrogen-bond donors (Lipinski definition) is 0. The fourth-order valence-electron chi connectivity index (χ4n) is 3.62. The standard InChI is InChI=1S/C23H28FN3O3S/c1-2-12-25(17-21-10-6-7-11-22(21)24)18-23(28)26-13-15-27(16-14-26)31(29,30)19-20-8-4-3-5-9-20/h2-11H,1,12-19H2. The zero-order valence-electron chi connectivity index (χ0n) is 17.5. The predicted molar refractivity (Wildman–Crippen MR) is 119 cm³/mol. The van der Waals surface area contributed by atoms with Gasteiger partial charge in [-0.05, 0) is 11.6 Å². The minimum absolute atomic E-state index is 0.0441. The normalized spacial score (nSPS) is 15.2. The van der Waals surface area contributed by atoms with Gasteiger partial charge in [-0.25, -0.2) is 12.8 Å². The van der Waals surface area contributed by atoms with Gasteiger partial charge in [-0.15, -0.1) is 6.58 Å². The Morgan fingerprint density at radius 3 is 2.32 bits per heavy atom. The molecule has 0 aliphatic carbocycles. The molecule has 0 aromatic heterocycles. The maximum Gasteiger partial charge on any atom is 0.236 e. The van der Waals surface area contributed by atoms with Crippen LogP contribution in [-0.2, 0) is 27.1 Å². The Bertz CT molecular complexity index is 990. The van der Waals surface area contributed by atoms with Crippen LogP contribution in [0.2, 0.25) is 0 Å². The van der Waals surface area contributed by atoms with E-state index in [0.29, 0.717) is 31.7 Å². The summed E-state index contributed by atoms with van der Waals surface area (Å²) in [6.45, 7) is 5.83. The number of sulfonamides is 1. The number of amides is 1. The van der Waals surface area contributed by atoms with Crippen LogP contribution in [0.1, 0.15) is 11.1 Å². The molecule has 166 valence electrons. The fourth-order valence-corrected chi connectivity index (χ4v) is 5.13. The zero-order valence-corrected chi connectivity index (χ0v) is 18.3. The van der Waals surface area contributed by atoms with Crippen LogP contribution in [0.15, 0.2) is 67.3 Å². The molecule has 3 rings (SSSR count). The molecule has 0 unspecified atom stereocenters. The smallest absolute Gasteiger partial charge is 0.236 e. The van der Waals surface area contributed by atoms with Gasteiger partial charge in [-0.1, -0.05) is 54.6 Å². The van der Waals surface area contributed by atoms with Crippen LogP contribution in [0, 0.1) is 5.82 Å². The average Bonchev–Trinajstić information content (AvgIpc) is 2.76. The van der Waals surface area contributed by atoms with Crippen LogP contribution in [-0.4, -0.2) is 67.7 Å². The Morgan fingerprint density at radius 1 is 1.03 bits per heavy atom. The predicted octanol–water partition coefficient (Wildman–Crippen LogP) is 2.49.